The van der Waals surface area contributed by atoms with Crippen LogP contribution in [-0.4, -0.2) is 35.5 Å². The van der Waals surface area contributed by atoms with E-state index in [0.717, 1.165) is 0 Å². The van der Waals surface area contributed by atoms with E-state index in [2.05, 4.69) is 9.72 Å². The Labute approximate surface area is 154 Å². The van der Waals surface area contributed by atoms with E-state index in [1.807, 2.05) is 30.3 Å². The average Bonchev–Trinajstić information content (AvgIpc) is 2.68. The fraction of sp³-hybridized carbons (Fsp3) is 0.211. The number of carbonyl (C=O) groups is 1. The lowest BCUT2D eigenvalue weighted by molar-refractivity contribution is -0.140. The Hall–Kier alpha value is -2.80. The van der Waals surface area contributed by atoms with Crippen molar-refractivity contribution in [2.45, 2.75) is 11.6 Å². The molecule has 1 heterocycles. The maximum atomic E-state index is 13.1. The van der Waals surface area contributed by atoms with Crippen molar-refractivity contribution in [1.82, 2.24) is 9.55 Å². The van der Waals surface area contributed by atoms with Gasteiger partial charge in [-0.1, -0.05) is 30.0 Å². The zero-order chi connectivity index (χ0) is 18.5. The number of methoxy groups -OCH3 is 2. The molecule has 2 aromatic carbocycles. The van der Waals surface area contributed by atoms with Crippen LogP contribution in [0.4, 0.5) is 0 Å². The number of rotatable bonds is 6. The molecular formula is C19H18N2O4S. The van der Waals surface area contributed by atoms with Crippen LogP contribution in [-0.2, 0) is 9.53 Å². The van der Waals surface area contributed by atoms with Crippen LogP contribution in [0.5, 0.6) is 5.75 Å². The van der Waals surface area contributed by atoms with Crippen LogP contribution in [0, 0.1) is 0 Å². The van der Waals surface area contributed by atoms with E-state index < -0.39 is 0 Å². The molecule has 3 aromatic rings. The first-order valence-corrected chi connectivity index (χ1v) is 8.98. The van der Waals surface area contributed by atoms with Gasteiger partial charge < -0.3 is 9.47 Å². The van der Waals surface area contributed by atoms with Gasteiger partial charge in [-0.3, -0.25) is 14.2 Å². The molecule has 0 N–H and O–H groups in total. The lowest BCUT2D eigenvalue weighted by Gasteiger charge is -2.13. The van der Waals surface area contributed by atoms with Gasteiger partial charge in [0.05, 0.1) is 37.2 Å². The van der Waals surface area contributed by atoms with Gasteiger partial charge in [0.2, 0.25) is 0 Å². The van der Waals surface area contributed by atoms with Crippen LogP contribution in [0.15, 0.2) is 58.5 Å². The summed E-state index contributed by atoms with van der Waals surface area (Å²) >= 11 is 1.34. The number of hydrogen-bond acceptors (Lipinski definition) is 6. The number of ether oxygens (including phenoxy) is 2. The van der Waals surface area contributed by atoms with Gasteiger partial charge in [0.25, 0.3) is 5.56 Å². The highest BCUT2D eigenvalue weighted by Crippen LogP contribution is 2.24. The number of hydrogen-bond donors (Lipinski definition) is 0. The minimum absolute atomic E-state index is 0.163. The summed E-state index contributed by atoms with van der Waals surface area (Å²) in [5.74, 6) is 0.808. The second-order valence-electron chi connectivity index (χ2n) is 5.43. The summed E-state index contributed by atoms with van der Waals surface area (Å²) in [6.45, 7) is 0. The Morgan fingerprint density at radius 1 is 1.15 bits per heavy atom. The van der Waals surface area contributed by atoms with Crippen molar-refractivity contribution in [3.63, 3.8) is 0 Å². The van der Waals surface area contributed by atoms with Gasteiger partial charge >= 0.3 is 5.97 Å². The van der Waals surface area contributed by atoms with Crippen molar-refractivity contribution in [3.05, 3.63) is 58.9 Å². The van der Waals surface area contributed by atoms with Crippen molar-refractivity contribution in [2.75, 3.05) is 20.0 Å². The number of carbonyl (C=O) groups excluding carboxylic acids is 1. The van der Waals surface area contributed by atoms with Crippen molar-refractivity contribution in [1.29, 1.82) is 0 Å². The van der Waals surface area contributed by atoms with Gasteiger partial charge in [-0.15, -0.1) is 0 Å². The molecule has 0 radical (unpaired) electrons. The monoisotopic (exact) mass is 370 g/mol. The molecule has 0 saturated carbocycles. The molecule has 0 saturated heterocycles. The van der Waals surface area contributed by atoms with Crippen molar-refractivity contribution >= 4 is 28.6 Å². The summed E-state index contributed by atoms with van der Waals surface area (Å²) < 4.78 is 11.5. The molecule has 0 aliphatic rings. The van der Waals surface area contributed by atoms with Crippen molar-refractivity contribution in [3.8, 4) is 11.4 Å². The van der Waals surface area contributed by atoms with E-state index in [4.69, 9.17) is 4.74 Å². The highest BCUT2D eigenvalue weighted by Gasteiger charge is 2.14. The summed E-state index contributed by atoms with van der Waals surface area (Å²) in [7, 11) is 2.93. The Morgan fingerprint density at radius 3 is 2.73 bits per heavy atom. The molecule has 7 heteroatoms. The summed E-state index contributed by atoms with van der Waals surface area (Å²) in [5.41, 5.74) is 1.12. The van der Waals surface area contributed by atoms with Crippen LogP contribution in [0.3, 0.4) is 0 Å². The number of nitrogens with zero attached hydrogens (tertiary/aromatic N) is 2. The highest BCUT2D eigenvalue weighted by atomic mass is 32.2. The molecule has 0 aliphatic carbocycles. The zero-order valence-corrected chi connectivity index (χ0v) is 15.3. The Bertz CT molecular complexity index is 1000. The standard InChI is InChI=1S/C19H18N2O4S/c1-24-14-7-5-6-13(12-14)21-18(23)15-8-3-4-9-16(15)20-19(21)26-11-10-17(22)25-2/h3-9,12H,10-11H2,1-2H3. The molecule has 0 atom stereocenters. The van der Waals surface area contributed by atoms with E-state index in [-0.39, 0.29) is 17.9 Å². The van der Waals surface area contributed by atoms with Crippen LogP contribution in [0.2, 0.25) is 0 Å². The summed E-state index contributed by atoms with van der Waals surface area (Å²) in [6.07, 6.45) is 0.238. The molecule has 0 aliphatic heterocycles. The normalized spacial score (nSPS) is 10.7. The maximum absolute atomic E-state index is 13.1. The maximum Gasteiger partial charge on any atom is 0.306 e. The SMILES string of the molecule is COC(=O)CCSc1nc2ccccc2c(=O)n1-c1cccc(OC)c1. The van der Waals surface area contributed by atoms with Crippen LogP contribution >= 0.6 is 11.8 Å². The third-order valence-corrected chi connectivity index (χ3v) is 4.76. The van der Waals surface area contributed by atoms with Crippen molar-refractivity contribution in [2.24, 2.45) is 0 Å². The van der Waals surface area contributed by atoms with Crippen molar-refractivity contribution < 1.29 is 14.3 Å². The van der Waals surface area contributed by atoms with Gasteiger partial charge in [-0.2, -0.15) is 0 Å². The largest absolute Gasteiger partial charge is 0.497 e. The molecule has 0 fully saturated rings. The quantitative estimate of drug-likeness (QED) is 0.377. The molecule has 0 unspecified atom stereocenters. The Morgan fingerprint density at radius 2 is 1.96 bits per heavy atom. The fourth-order valence-corrected chi connectivity index (χ4v) is 3.45. The second-order valence-corrected chi connectivity index (χ2v) is 6.49. The third-order valence-electron chi connectivity index (χ3n) is 3.82. The molecule has 26 heavy (non-hydrogen) atoms. The Kier molecular flexibility index (Phi) is 5.58. The molecule has 134 valence electrons. The highest BCUT2D eigenvalue weighted by molar-refractivity contribution is 7.99. The first kappa shape index (κ1) is 18.0. The third kappa shape index (κ3) is 3.72. The predicted molar refractivity (Wildman–Crippen MR) is 101 cm³/mol. The summed E-state index contributed by atoms with van der Waals surface area (Å²) in [5, 5.41) is 1.05. The zero-order valence-electron chi connectivity index (χ0n) is 14.5. The van der Waals surface area contributed by atoms with Gasteiger partial charge in [0.15, 0.2) is 5.16 Å². The first-order chi connectivity index (χ1) is 12.6. The van der Waals surface area contributed by atoms with Crippen LogP contribution in [0.1, 0.15) is 6.42 Å². The molecule has 1 aromatic heterocycles. The first-order valence-electron chi connectivity index (χ1n) is 8.00. The van der Waals surface area contributed by atoms with Gasteiger partial charge in [0, 0.05) is 11.8 Å². The molecule has 0 spiro atoms. The molecule has 3 rings (SSSR count). The van der Waals surface area contributed by atoms with Gasteiger partial charge in [-0.05, 0) is 24.3 Å². The van der Waals surface area contributed by atoms with E-state index in [1.54, 1.807) is 29.9 Å². The van der Waals surface area contributed by atoms with E-state index in [1.165, 1.54) is 18.9 Å². The number of aromatic nitrogens is 2. The Balaban J connectivity index is 2.11. The van der Waals surface area contributed by atoms with Gasteiger partial charge in [0.1, 0.15) is 5.75 Å². The van der Waals surface area contributed by atoms with E-state index in [9.17, 15) is 9.59 Å². The van der Waals surface area contributed by atoms with E-state index >= 15 is 0 Å². The smallest absolute Gasteiger partial charge is 0.306 e. The summed E-state index contributed by atoms with van der Waals surface area (Å²) in [4.78, 5) is 29.1. The number of benzene rings is 2. The lowest BCUT2D eigenvalue weighted by Crippen LogP contribution is -2.22. The fourth-order valence-electron chi connectivity index (χ4n) is 2.51. The molecular weight excluding hydrogens is 352 g/mol. The number of thioether (sulfide) groups is 1. The van der Waals surface area contributed by atoms with Gasteiger partial charge in [-0.25, -0.2) is 4.98 Å². The number of fused-ring (bicyclic) bond motifs is 1. The minimum atomic E-state index is -0.298. The molecule has 6 nitrogen and oxygen atoms in total. The number of para-hydroxylation sites is 1. The minimum Gasteiger partial charge on any atom is -0.497 e. The summed E-state index contributed by atoms with van der Waals surface area (Å²) in [6, 6.07) is 14.4. The predicted octanol–water partition coefficient (Wildman–Crippen LogP) is 3.05. The van der Waals surface area contributed by atoms with E-state index in [0.29, 0.717) is 33.2 Å². The number of esters is 1. The average molecular weight is 370 g/mol. The molecule has 0 bridgehead atoms. The topological polar surface area (TPSA) is 70.4 Å². The van der Waals surface area contributed by atoms with Crippen LogP contribution < -0.4 is 10.3 Å². The second kappa shape index (κ2) is 8.05. The lowest BCUT2D eigenvalue weighted by atomic mass is 10.2. The van der Waals surface area contributed by atoms with Crippen LogP contribution in [0.25, 0.3) is 16.6 Å². The molecule has 0 amide bonds.